The molecule has 1 aromatic carbocycles. The van der Waals surface area contributed by atoms with E-state index < -0.39 is 30.7 Å². The van der Waals surface area contributed by atoms with Crippen molar-refractivity contribution in [3.63, 3.8) is 0 Å². The Balaban J connectivity index is 2.00. The van der Waals surface area contributed by atoms with Gasteiger partial charge in [0.2, 0.25) is 0 Å². The molecule has 128 valence electrons. The van der Waals surface area contributed by atoms with E-state index in [1.165, 1.54) is 0 Å². The molecule has 2 N–H and O–H groups in total. The predicted octanol–water partition coefficient (Wildman–Crippen LogP) is 1.89. The highest BCUT2D eigenvalue weighted by molar-refractivity contribution is 7.79. The van der Waals surface area contributed by atoms with Gasteiger partial charge in [0.1, 0.15) is 18.0 Å². The Morgan fingerprint density at radius 3 is 2.52 bits per heavy atom. The molecule has 1 aliphatic rings. The van der Waals surface area contributed by atoms with Crippen molar-refractivity contribution in [2.45, 2.75) is 44.6 Å². The zero-order chi connectivity index (χ0) is 17.0. The summed E-state index contributed by atoms with van der Waals surface area (Å²) >= 11 is 10.8. The lowest BCUT2D eigenvalue weighted by Gasteiger charge is -2.40. The van der Waals surface area contributed by atoms with Gasteiger partial charge in [-0.2, -0.15) is 0 Å². The first-order valence-electron chi connectivity index (χ1n) is 7.19. The molecular formula is C15H19ClO6S. The van der Waals surface area contributed by atoms with Crippen molar-refractivity contribution in [2.75, 3.05) is 6.61 Å². The van der Waals surface area contributed by atoms with Crippen molar-refractivity contribution in [3.05, 3.63) is 29.3 Å². The molecule has 5 atom stereocenters. The molecule has 2 rings (SSSR count). The quantitative estimate of drug-likeness (QED) is 0.792. The lowest BCUT2D eigenvalue weighted by Crippen LogP contribution is -2.59. The van der Waals surface area contributed by atoms with Gasteiger partial charge >= 0.3 is 5.24 Å². The molecule has 8 heteroatoms. The van der Waals surface area contributed by atoms with E-state index in [9.17, 15) is 10.2 Å². The van der Waals surface area contributed by atoms with E-state index in [0.717, 1.165) is 0 Å². The average molecular weight is 363 g/mol. The van der Waals surface area contributed by atoms with Crippen LogP contribution in [-0.2, 0) is 14.2 Å². The van der Waals surface area contributed by atoms with Crippen LogP contribution in [0.2, 0.25) is 5.02 Å². The summed E-state index contributed by atoms with van der Waals surface area (Å²) in [7, 11) is 0. The van der Waals surface area contributed by atoms with Gasteiger partial charge in [0, 0.05) is 23.8 Å². The molecule has 0 aliphatic carbocycles. The molecule has 0 saturated carbocycles. The highest BCUT2D eigenvalue weighted by atomic mass is 35.5. The van der Waals surface area contributed by atoms with Crippen molar-refractivity contribution in [3.8, 4) is 5.75 Å². The van der Waals surface area contributed by atoms with Crippen LogP contribution in [0.1, 0.15) is 13.8 Å². The number of ether oxygens (including phenoxy) is 4. The molecule has 0 aromatic heterocycles. The Morgan fingerprint density at radius 1 is 1.26 bits per heavy atom. The summed E-state index contributed by atoms with van der Waals surface area (Å²) in [6.07, 6.45) is -4.78. The lowest BCUT2D eigenvalue weighted by atomic mass is 10.00. The van der Waals surface area contributed by atoms with Gasteiger partial charge in [-0.05, 0) is 38.1 Å². The molecule has 0 radical (unpaired) electrons. The molecule has 1 aliphatic heterocycles. The number of rotatable bonds is 4. The molecule has 1 heterocycles. The van der Waals surface area contributed by atoms with Crippen LogP contribution in [-0.4, -0.2) is 52.8 Å². The van der Waals surface area contributed by atoms with Crippen LogP contribution in [0.15, 0.2) is 24.3 Å². The molecule has 0 unspecified atom stereocenters. The largest absolute Gasteiger partial charge is 0.447 e. The monoisotopic (exact) mass is 362 g/mol. The van der Waals surface area contributed by atoms with Gasteiger partial charge < -0.3 is 29.2 Å². The SMILES string of the molecule is CCO[C@H]1O[C@@H](C)[C@H](O)[C@@H](OC(=S)Oc2ccc(Cl)cc2)[C@H]1O. The summed E-state index contributed by atoms with van der Waals surface area (Å²) in [4.78, 5) is 0. The fourth-order valence-electron chi connectivity index (χ4n) is 2.17. The van der Waals surface area contributed by atoms with Crippen LogP contribution in [0.5, 0.6) is 5.75 Å². The molecule has 1 saturated heterocycles. The lowest BCUT2D eigenvalue weighted by molar-refractivity contribution is -0.290. The number of aliphatic hydroxyl groups excluding tert-OH is 2. The first kappa shape index (κ1) is 18.4. The van der Waals surface area contributed by atoms with Gasteiger partial charge in [0.25, 0.3) is 0 Å². The summed E-state index contributed by atoms with van der Waals surface area (Å²) in [5.74, 6) is 0.435. The summed E-state index contributed by atoms with van der Waals surface area (Å²) in [5, 5.41) is 20.7. The molecule has 1 fully saturated rings. The second-order valence-corrected chi connectivity index (χ2v) is 5.80. The van der Waals surface area contributed by atoms with E-state index in [2.05, 4.69) is 0 Å². The van der Waals surface area contributed by atoms with Gasteiger partial charge in [0.05, 0.1) is 6.10 Å². The number of benzene rings is 1. The minimum Gasteiger partial charge on any atom is -0.447 e. The molecule has 0 bridgehead atoms. The van der Waals surface area contributed by atoms with Crippen LogP contribution < -0.4 is 4.74 Å². The maximum Gasteiger partial charge on any atom is 0.358 e. The third-order valence-corrected chi connectivity index (χ3v) is 3.79. The van der Waals surface area contributed by atoms with Gasteiger partial charge in [0.15, 0.2) is 12.4 Å². The smallest absolute Gasteiger partial charge is 0.358 e. The normalized spacial score (nSPS) is 30.7. The number of aliphatic hydroxyl groups is 2. The van der Waals surface area contributed by atoms with E-state index >= 15 is 0 Å². The Hall–Kier alpha value is -0.960. The zero-order valence-corrected chi connectivity index (χ0v) is 14.3. The van der Waals surface area contributed by atoms with Crippen LogP contribution in [0.3, 0.4) is 0 Å². The topological polar surface area (TPSA) is 77.4 Å². The van der Waals surface area contributed by atoms with Crippen LogP contribution in [0.25, 0.3) is 0 Å². The fourth-order valence-corrected chi connectivity index (χ4v) is 2.51. The van der Waals surface area contributed by atoms with Gasteiger partial charge in [-0.3, -0.25) is 0 Å². The summed E-state index contributed by atoms with van der Waals surface area (Å²) in [6.45, 7) is 3.78. The first-order valence-corrected chi connectivity index (χ1v) is 7.98. The molecule has 0 amide bonds. The first-order chi connectivity index (χ1) is 10.9. The Morgan fingerprint density at radius 2 is 1.91 bits per heavy atom. The van der Waals surface area contributed by atoms with E-state index in [1.54, 1.807) is 38.1 Å². The highest BCUT2D eigenvalue weighted by Crippen LogP contribution is 2.25. The highest BCUT2D eigenvalue weighted by Gasteiger charge is 2.45. The minimum atomic E-state index is -1.20. The van der Waals surface area contributed by atoms with E-state index in [0.29, 0.717) is 17.4 Å². The second-order valence-electron chi connectivity index (χ2n) is 5.03. The number of thiocarbonyl (C=S) groups is 1. The summed E-state index contributed by atoms with van der Waals surface area (Å²) < 4.78 is 21.4. The maximum absolute atomic E-state index is 10.2. The number of hydrogen-bond acceptors (Lipinski definition) is 7. The van der Waals surface area contributed by atoms with Crippen LogP contribution in [0, 0.1) is 0 Å². The van der Waals surface area contributed by atoms with Gasteiger partial charge in [-0.25, -0.2) is 0 Å². The van der Waals surface area contributed by atoms with E-state index in [4.69, 9.17) is 42.8 Å². The molecule has 6 nitrogen and oxygen atoms in total. The second kappa shape index (κ2) is 8.23. The third kappa shape index (κ3) is 4.76. The average Bonchev–Trinajstić information content (AvgIpc) is 2.51. The fraction of sp³-hybridized carbons (Fsp3) is 0.533. The maximum atomic E-state index is 10.2. The molecule has 0 spiro atoms. The number of hydrogen-bond donors (Lipinski definition) is 2. The Labute approximate surface area is 144 Å². The molecular weight excluding hydrogens is 344 g/mol. The standard InChI is InChI=1S/C15H19ClO6S/c1-3-19-14-12(18)13(11(17)8(2)20-14)22-15(23)21-10-6-4-9(16)5-7-10/h4-8,11-14,17-18H,3H2,1-2H3/t8-,11-,12+,13+,14-/m0/s1. The summed E-state index contributed by atoms with van der Waals surface area (Å²) in [5.41, 5.74) is 0. The van der Waals surface area contributed by atoms with Crippen molar-refractivity contribution in [1.29, 1.82) is 0 Å². The van der Waals surface area contributed by atoms with Crippen LogP contribution in [0.4, 0.5) is 0 Å². The molecule has 1 aromatic rings. The zero-order valence-electron chi connectivity index (χ0n) is 12.7. The third-order valence-electron chi connectivity index (χ3n) is 3.36. The predicted molar refractivity (Wildman–Crippen MR) is 87.5 cm³/mol. The van der Waals surface area contributed by atoms with Crippen molar-refractivity contribution >= 4 is 29.1 Å². The van der Waals surface area contributed by atoms with E-state index in [-0.39, 0.29) is 5.24 Å². The van der Waals surface area contributed by atoms with Crippen molar-refractivity contribution in [1.82, 2.24) is 0 Å². The van der Waals surface area contributed by atoms with Gasteiger partial charge in [-0.1, -0.05) is 11.6 Å². The number of halogens is 1. The minimum absolute atomic E-state index is 0.222. The van der Waals surface area contributed by atoms with Crippen LogP contribution >= 0.6 is 23.8 Å². The van der Waals surface area contributed by atoms with E-state index in [1.807, 2.05) is 0 Å². The molecule has 23 heavy (non-hydrogen) atoms. The van der Waals surface area contributed by atoms with Crippen molar-refractivity contribution < 1.29 is 29.2 Å². The van der Waals surface area contributed by atoms with Gasteiger partial charge in [-0.15, -0.1) is 0 Å². The Kier molecular flexibility index (Phi) is 6.58. The Bertz CT molecular complexity index is 525. The van der Waals surface area contributed by atoms with Crippen molar-refractivity contribution in [2.24, 2.45) is 0 Å². The summed E-state index contributed by atoms with van der Waals surface area (Å²) in [6, 6.07) is 6.54.